The third-order valence-corrected chi connectivity index (χ3v) is 7.63. The van der Waals surface area contributed by atoms with Crippen molar-refractivity contribution in [2.75, 3.05) is 0 Å². The van der Waals surface area contributed by atoms with E-state index in [-0.39, 0.29) is 0 Å². The Hall–Kier alpha value is 0.300. The molecular weight excluding hydrogens is 294 g/mol. The van der Waals surface area contributed by atoms with Crippen LogP contribution in [0.2, 0.25) is 0 Å². The molecule has 14 heavy (non-hydrogen) atoms. The Labute approximate surface area is 98.1 Å². The molecule has 1 rings (SSSR count). The van der Waals surface area contributed by atoms with Gasteiger partial charge in [-0.05, 0) is 65.6 Å². The molecule has 0 N–H and O–H groups in total. The Bertz CT molecular complexity index is 491. The topological polar surface area (TPSA) is 34.1 Å². The third kappa shape index (κ3) is 3.16. The van der Waals surface area contributed by atoms with Crippen molar-refractivity contribution >= 4 is 65.1 Å². The van der Waals surface area contributed by atoms with E-state index in [2.05, 4.69) is 22.4 Å². The smallest absolute Gasteiger partial charge is 0.197 e. The van der Waals surface area contributed by atoms with Crippen LogP contribution in [0, 0.1) is 0 Å². The van der Waals surface area contributed by atoms with E-state index in [0.29, 0.717) is 10.6 Å². The molecule has 0 radical (unpaired) electrons. The van der Waals surface area contributed by atoms with Crippen molar-refractivity contribution in [2.24, 2.45) is 0 Å². The van der Waals surface area contributed by atoms with Crippen LogP contribution in [0.3, 0.4) is 0 Å². The van der Waals surface area contributed by atoms with Crippen LogP contribution in [-0.2, 0) is 50.5 Å². The highest BCUT2D eigenvalue weighted by Crippen LogP contribution is 2.08. The predicted octanol–water partition coefficient (Wildman–Crippen LogP) is 1.51. The first kappa shape index (κ1) is 12.4. The van der Waals surface area contributed by atoms with Crippen LogP contribution in [-0.4, -0.2) is 0 Å². The van der Waals surface area contributed by atoms with E-state index in [9.17, 15) is 9.13 Å². The van der Waals surface area contributed by atoms with Crippen molar-refractivity contribution in [1.82, 2.24) is 0 Å². The highest BCUT2D eigenvalue weighted by atomic mass is 32.9. The van der Waals surface area contributed by atoms with E-state index in [0.717, 1.165) is 19.0 Å². The van der Waals surface area contributed by atoms with Gasteiger partial charge < -0.3 is 0 Å². The van der Waals surface area contributed by atoms with Gasteiger partial charge in [-0.25, -0.2) is 0 Å². The summed E-state index contributed by atoms with van der Waals surface area (Å²) in [6.07, 6.45) is 0. The minimum Gasteiger partial charge on any atom is -0.265 e. The zero-order valence-electron chi connectivity index (χ0n) is 6.65. The van der Waals surface area contributed by atoms with Gasteiger partial charge >= 0.3 is 0 Å². The molecular formula is C6H4O2P2S4. The molecule has 0 aliphatic heterocycles. The van der Waals surface area contributed by atoms with Gasteiger partial charge in [0.25, 0.3) is 0 Å². The van der Waals surface area contributed by atoms with E-state index < -0.39 is 13.2 Å². The summed E-state index contributed by atoms with van der Waals surface area (Å²) in [4.78, 5) is 0. The molecule has 0 aliphatic rings. The van der Waals surface area contributed by atoms with E-state index in [1.807, 2.05) is 0 Å². The Balaban J connectivity index is 3.26. The summed E-state index contributed by atoms with van der Waals surface area (Å²) >= 11 is 9.24. The van der Waals surface area contributed by atoms with Crippen molar-refractivity contribution in [3.63, 3.8) is 0 Å². The summed E-state index contributed by atoms with van der Waals surface area (Å²) < 4.78 is 22.5. The van der Waals surface area contributed by atoms with Gasteiger partial charge in [0.15, 0.2) is 13.2 Å². The first-order valence-corrected chi connectivity index (χ1v) is 10.5. The molecule has 0 heterocycles. The van der Waals surface area contributed by atoms with Crippen LogP contribution in [0.1, 0.15) is 0 Å². The average molecular weight is 298 g/mol. The zero-order chi connectivity index (χ0) is 10.6. The quantitative estimate of drug-likeness (QED) is 0.775. The fourth-order valence-electron chi connectivity index (χ4n) is 0.782. The Kier molecular flexibility index (Phi) is 5.31. The summed E-state index contributed by atoms with van der Waals surface area (Å²) in [6.45, 7) is -3.11. The lowest BCUT2D eigenvalue weighted by atomic mass is 10.4. The molecule has 74 valence electrons. The van der Waals surface area contributed by atoms with Crippen molar-refractivity contribution < 1.29 is 9.13 Å². The predicted molar refractivity (Wildman–Crippen MR) is 70.4 cm³/mol. The lowest BCUT2D eigenvalue weighted by molar-refractivity contribution is 0.601. The minimum absolute atomic E-state index is 0.668. The maximum atomic E-state index is 11.3. The SMILES string of the molecule is O=P(=S=S)c1ccc(P(=O)=S=S)cc1. The minimum atomic E-state index is -1.56. The molecule has 0 spiro atoms. The first-order valence-electron chi connectivity index (χ1n) is 3.33. The van der Waals surface area contributed by atoms with Crippen LogP contribution in [0.25, 0.3) is 0 Å². The maximum Gasteiger partial charge on any atom is 0.197 e. The van der Waals surface area contributed by atoms with E-state index >= 15 is 0 Å². The lowest BCUT2D eigenvalue weighted by Crippen LogP contribution is -1.98. The van der Waals surface area contributed by atoms with Crippen LogP contribution in [0.15, 0.2) is 24.3 Å². The molecule has 1 aromatic carbocycles. The van der Waals surface area contributed by atoms with Gasteiger partial charge in [-0.2, -0.15) is 0 Å². The molecule has 0 aromatic heterocycles. The van der Waals surface area contributed by atoms with Gasteiger partial charge in [0.05, 0.1) is 0 Å². The Morgan fingerprint density at radius 2 is 1.14 bits per heavy atom. The van der Waals surface area contributed by atoms with Crippen LogP contribution in [0.5, 0.6) is 0 Å². The third-order valence-electron chi connectivity index (χ3n) is 1.41. The molecule has 2 unspecified atom stereocenters. The zero-order valence-corrected chi connectivity index (χ0v) is 11.7. The van der Waals surface area contributed by atoms with Crippen molar-refractivity contribution in [3.05, 3.63) is 24.3 Å². The average Bonchev–Trinajstić information content (AvgIpc) is 2.27. The van der Waals surface area contributed by atoms with Crippen molar-refractivity contribution in [1.29, 1.82) is 0 Å². The molecule has 0 bridgehead atoms. The Morgan fingerprint density at radius 3 is 1.36 bits per heavy atom. The molecule has 0 fully saturated rings. The molecule has 0 amide bonds. The van der Waals surface area contributed by atoms with E-state index in [4.69, 9.17) is 0 Å². The van der Waals surface area contributed by atoms with Gasteiger partial charge in [-0.1, -0.05) is 0 Å². The lowest BCUT2D eigenvalue weighted by Gasteiger charge is -1.90. The van der Waals surface area contributed by atoms with E-state index in [1.165, 1.54) is 0 Å². The highest BCUT2D eigenvalue weighted by molar-refractivity contribution is 8.34. The summed E-state index contributed by atoms with van der Waals surface area (Å²) in [5.74, 6) is 0. The number of rotatable bonds is 2. The van der Waals surface area contributed by atoms with Gasteiger partial charge in [0, 0.05) is 10.6 Å². The molecule has 0 saturated carbocycles. The summed E-state index contributed by atoms with van der Waals surface area (Å²) in [5, 5.41) is 1.34. The van der Waals surface area contributed by atoms with Crippen molar-refractivity contribution in [2.45, 2.75) is 0 Å². The first-order chi connectivity index (χ1) is 6.69. The maximum absolute atomic E-state index is 11.3. The molecule has 0 aliphatic carbocycles. The number of hydrogen-bond donors (Lipinski definition) is 0. The standard InChI is InChI=1S/C6H4O2P2S4/c7-9(13-11)5-1-2-6(4-3-5)10(8)14-12/h1-4H. The molecule has 0 saturated heterocycles. The van der Waals surface area contributed by atoms with Crippen LogP contribution >= 0.6 is 13.2 Å². The second kappa shape index (κ2) is 6.01. The number of hydrogen-bond acceptors (Lipinski definition) is 4. The summed E-state index contributed by atoms with van der Waals surface area (Å²) in [6, 6.07) is 6.69. The van der Waals surface area contributed by atoms with Gasteiger partial charge in [-0.15, -0.1) is 0 Å². The van der Waals surface area contributed by atoms with Crippen LogP contribution < -0.4 is 10.6 Å². The van der Waals surface area contributed by atoms with Crippen LogP contribution in [0.4, 0.5) is 0 Å². The molecule has 2 nitrogen and oxygen atoms in total. The second-order valence-electron chi connectivity index (χ2n) is 2.18. The molecule has 2 atom stereocenters. The van der Waals surface area contributed by atoms with Gasteiger partial charge in [-0.3, -0.25) is 9.13 Å². The fourth-order valence-corrected chi connectivity index (χ4v) is 4.54. The van der Waals surface area contributed by atoms with Gasteiger partial charge in [0.2, 0.25) is 0 Å². The summed E-state index contributed by atoms with van der Waals surface area (Å²) in [7, 11) is 1.78. The van der Waals surface area contributed by atoms with Gasteiger partial charge in [0.1, 0.15) is 0 Å². The monoisotopic (exact) mass is 298 g/mol. The highest BCUT2D eigenvalue weighted by Gasteiger charge is 1.97. The summed E-state index contributed by atoms with van der Waals surface area (Å²) in [5.41, 5.74) is 0. The molecule has 8 heteroatoms. The Morgan fingerprint density at radius 1 is 0.857 bits per heavy atom. The normalized spacial score (nSPS) is 11.7. The van der Waals surface area contributed by atoms with Crippen molar-refractivity contribution in [3.8, 4) is 0 Å². The largest absolute Gasteiger partial charge is 0.265 e. The number of benzene rings is 1. The van der Waals surface area contributed by atoms with E-state index in [1.54, 1.807) is 24.3 Å². The second-order valence-corrected chi connectivity index (χ2v) is 10.1. The fraction of sp³-hybridized carbons (Fsp3) is 0. The molecule has 1 aromatic rings.